The molecule has 2 rings (SSSR count). The van der Waals surface area contributed by atoms with E-state index in [-0.39, 0.29) is 0 Å². The third kappa shape index (κ3) is 4.21. The summed E-state index contributed by atoms with van der Waals surface area (Å²) >= 11 is 5.18. The Morgan fingerprint density at radius 3 is 2.65 bits per heavy atom. The Hall–Kier alpha value is -1.59. The summed E-state index contributed by atoms with van der Waals surface area (Å²) in [5.74, 6) is 1.40. The van der Waals surface area contributed by atoms with Crippen LogP contribution in [0.5, 0.6) is 5.75 Å². The summed E-state index contributed by atoms with van der Waals surface area (Å²) in [6.45, 7) is 5.64. The van der Waals surface area contributed by atoms with Crippen LogP contribution in [-0.2, 0) is 6.54 Å². The van der Waals surface area contributed by atoms with Gasteiger partial charge in [-0.25, -0.2) is 0 Å². The third-order valence-electron chi connectivity index (χ3n) is 2.84. The summed E-state index contributed by atoms with van der Waals surface area (Å²) in [6, 6.07) is 7.99. The zero-order chi connectivity index (χ0) is 14.5. The Balaban J connectivity index is 1.93. The lowest BCUT2D eigenvalue weighted by molar-refractivity contribution is 0.197. The molecule has 2 N–H and O–H groups in total. The topological polar surface area (TPSA) is 44.7 Å². The highest BCUT2D eigenvalue weighted by Gasteiger charge is 2.14. The molecule has 20 heavy (non-hydrogen) atoms. The molecule has 0 saturated carbocycles. The van der Waals surface area contributed by atoms with Gasteiger partial charge in [-0.15, -0.1) is 0 Å². The van der Waals surface area contributed by atoms with Crippen LogP contribution < -0.4 is 10.1 Å². The van der Waals surface area contributed by atoms with Gasteiger partial charge in [0, 0.05) is 12.7 Å². The van der Waals surface area contributed by atoms with Crippen molar-refractivity contribution in [2.24, 2.45) is 5.92 Å². The SMILES string of the molecule is CC(C)COc1ccc(CN2C=CC(O)NC2=S)cc1. The van der Waals surface area contributed by atoms with Crippen molar-refractivity contribution in [3.63, 3.8) is 0 Å². The predicted octanol–water partition coefficient (Wildman–Crippen LogP) is 2.24. The van der Waals surface area contributed by atoms with Crippen LogP contribution in [0.2, 0.25) is 0 Å². The average molecular weight is 292 g/mol. The van der Waals surface area contributed by atoms with Gasteiger partial charge in [-0.3, -0.25) is 0 Å². The van der Waals surface area contributed by atoms with E-state index < -0.39 is 6.23 Å². The van der Waals surface area contributed by atoms with Crippen LogP contribution >= 0.6 is 12.2 Å². The molecule has 5 heteroatoms. The Bertz CT molecular complexity index is 485. The second-order valence-corrected chi connectivity index (χ2v) is 5.60. The lowest BCUT2D eigenvalue weighted by Crippen LogP contribution is -2.44. The molecule has 1 atom stereocenters. The molecule has 0 bridgehead atoms. The first-order valence-electron chi connectivity index (χ1n) is 6.70. The summed E-state index contributed by atoms with van der Waals surface area (Å²) in [5.41, 5.74) is 1.13. The molecule has 1 unspecified atom stereocenters. The maximum Gasteiger partial charge on any atom is 0.175 e. The zero-order valence-electron chi connectivity index (χ0n) is 11.7. The molecule has 0 spiro atoms. The smallest absolute Gasteiger partial charge is 0.175 e. The lowest BCUT2D eigenvalue weighted by Gasteiger charge is -2.27. The minimum absolute atomic E-state index is 0.517. The fourth-order valence-corrected chi connectivity index (χ4v) is 2.03. The van der Waals surface area contributed by atoms with E-state index in [4.69, 9.17) is 17.0 Å². The summed E-state index contributed by atoms with van der Waals surface area (Å²) in [7, 11) is 0. The molecule has 1 heterocycles. The fourth-order valence-electron chi connectivity index (χ4n) is 1.79. The van der Waals surface area contributed by atoms with Crippen molar-refractivity contribution >= 4 is 17.3 Å². The van der Waals surface area contributed by atoms with Gasteiger partial charge in [-0.2, -0.15) is 0 Å². The average Bonchev–Trinajstić information content (AvgIpc) is 2.41. The first-order valence-corrected chi connectivity index (χ1v) is 7.10. The van der Waals surface area contributed by atoms with E-state index in [1.165, 1.54) is 0 Å². The van der Waals surface area contributed by atoms with E-state index in [9.17, 15) is 5.11 Å². The summed E-state index contributed by atoms with van der Waals surface area (Å²) in [4.78, 5) is 1.88. The van der Waals surface area contributed by atoms with Crippen LogP contribution in [0.25, 0.3) is 0 Å². The number of aliphatic hydroxyl groups excluding tert-OH is 1. The number of benzene rings is 1. The van der Waals surface area contributed by atoms with Gasteiger partial charge in [-0.05, 0) is 41.9 Å². The molecule has 108 valence electrons. The van der Waals surface area contributed by atoms with Gasteiger partial charge in [0.2, 0.25) is 0 Å². The van der Waals surface area contributed by atoms with Crippen molar-refractivity contribution in [3.05, 3.63) is 42.1 Å². The van der Waals surface area contributed by atoms with Gasteiger partial charge >= 0.3 is 0 Å². The molecule has 0 aliphatic carbocycles. The monoisotopic (exact) mass is 292 g/mol. The zero-order valence-corrected chi connectivity index (χ0v) is 12.6. The fraction of sp³-hybridized carbons (Fsp3) is 0.400. The van der Waals surface area contributed by atoms with Crippen molar-refractivity contribution in [1.82, 2.24) is 10.2 Å². The van der Waals surface area contributed by atoms with Crippen molar-refractivity contribution in [2.45, 2.75) is 26.6 Å². The van der Waals surface area contributed by atoms with E-state index >= 15 is 0 Å². The Morgan fingerprint density at radius 2 is 2.05 bits per heavy atom. The number of ether oxygens (including phenoxy) is 1. The minimum atomic E-state index is -0.689. The van der Waals surface area contributed by atoms with Crippen LogP contribution in [0.4, 0.5) is 0 Å². The van der Waals surface area contributed by atoms with E-state index in [0.717, 1.165) is 17.9 Å². The van der Waals surface area contributed by atoms with Gasteiger partial charge in [0.05, 0.1) is 6.61 Å². The van der Waals surface area contributed by atoms with Crippen molar-refractivity contribution < 1.29 is 9.84 Å². The third-order valence-corrected chi connectivity index (χ3v) is 3.19. The molecule has 4 nitrogen and oxygen atoms in total. The number of hydrogen-bond acceptors (Lipinski definition) is 3. The van der Waals surface area contributed by atoms with Crippen molar-refractivity contribution in [3.8, 4) is 5.75 Å². The normalized spacial score (nSPS) is 18.3. The molecule has 1 aromatic rings. The summed E-state index contributed by atoms with van der Waals surface area (Å²) in [5, 5.41) is 12.7. The van der Waals surface area contributed by atoms with Gasteiger partial charge in [0.25, 0.3) is 0 Å². The Kier molecular flexibility index (Phi) is 4.98. The van der Waals surface area contributed by atoms with Gasteiger partial charge in [0.15, 0.2) is 5.11 Å². The van der Waals surface area contributed by atoms with Crippen LogP contribution in [0.3, 0.4) is 0 Å². The molecular formula is C15H20N2O2S. The molecule has 0 fully saturated rings. The van der Waals surface area contributed by atoms with E-state index in [1.54, 1.807) is 12.3 Å². The lowest BCUT2D eigenvalue weighted by atomic mass is 10.2. The summed E-state index contributed by atoms with van der Waals surface area (Å²) < 4.78 is 5.65. The molecule has 1 aromatic carbocycles. The number of hydrogen-bond donors (Lipinski definition) is 2. The van der Waals surface area contributed by atoms with Gasteiger partial charge in [0.1, 0.15) is 12.0 Å². The molecule has 0 saturated heterocycles. The second kappa shape index (κ2) is 6.72. The minimum Gasteiger partial charge on any atom is -0.493 e. The van der Waals surface area contributed by atoms with Crippen molar-refractivity contribution in [1.29, 1.82) is 0 Å². The van der Waals surface area contributed by atoms with E-state index in [2.05, 4.69) is 19.2 Å². The van der Waals surface area contributed by atoms with E-state index in [0.29, 0.717) is 17.6 Å². The molecule has 0 aromatic heterocycles. The maximum atomic E-state index is 9.38. The maximum absolute atomic E-state index is 9.38. The number of aliphatic hydroxyl groups is 1. The van der Waals surface area contributed by atoms with Crippen LogP contribution in [0, 0.1) is 5.92 Å². The van der Waals surface area contributed by atoms with Crippen LogP contribution in [0.15, 0.2) is 36.5 Å². The Labute approximate surface area is 125 Å². The Morgan fingerprint density at radius 1 is 1.35 bits per heavy atom. The highest BCUT2D eigenvalue weighted by molar-refractivity contribution is 7.80. The first kappa shape index (κ1) is 14.8. The van der Waals surface area contributed by atoms with Gasteiger partial charge < -0.3 is 20.1 Å². The molecule has 1 aliphatic rings. The quantitative estimate of drug-likeness (QED) is 0.815. The molecule has 1 aliphatic heterocycles. The predicted molar refractivity (Wildman–Crippen MR) is 83.2 cm³/mol. The largest absolute Gasteiger partial charge is 0.493 e. The molecule has 0 amide bonds. The standard InChI is InChI=1S/C15H20N2O2S/c1-11(2)10-19-13-5-3-12(4-6-13)9-17-8-7-14(18)16-15(17)20/h3-8,11,14,18H,9-10H2,1-2H3,(H,16,20). The first-order chi connectivity index (χ1) is 9.54. The molecular weight excluding hydrogens is 272 g/mol. The highest BCUT2D eigenvalue weighted by Crippen LogP contribution is 2.15. The molecule has 0 radical (unpaired) electrons. The number of rotatable bonds is 5. The number of nitrogens with zero attached hydrogens (tertiary/aromatic N) is 1. The van der Waals surface area contributed by atoms with Crippen molar-refractivity contribution in [2.75, 3.05) is 6.61 Å². The number of nitrogens with one attached hydrogen (secondary N) is 1. The van der Waals surface area contributed by atoms with Gasteiger partial charge in [-0.1, -0.05) is 26.0 Å². The van der Waals surface area contributed by atoms with Crippen LogP contribution in [-0.4, -0.2) is 28.0 Å². The van der Waals surface area contributed by atoms with E-state index in [1.807, 2.05) is 29.2 Å². The highest BCUT2D eigenvalue weighted by atomic mass is 32.1. The van der Waals surface area contributed by atoms with Crippen LogP contribution in [0.1, 0.15) is 19.4 Å². The summed E-state index contributed by atoms with van der Waals surface area (Å²) in [6.07, 6.45) is 2.77. The second-order valence-electron chi connectivity index (χ2n) is 5.21. The number of thiocarbonyl (C=S) groups is 1.